The third-order valence-corrected chi connectivity index (χ3v) is 3.63. The van der Waals surface area contributed by atoms with Crippen molar-refractivity contribution < 1.29 is 22.7 Å². The molecule has 1 aromatic carbocycles. The molecule has 1 amide bonds. The van der Waals surface area contributed by atoms with Crippen LogP contribution in [-0.4, -0.2) is 31.9 Å². The van der Waals surface area contributed by atoms with E-state index in [2.05, 4.69) is 10.3 Å². The van der Waals surface area contributed by atoms with Gasteiger partial charge in [0.1, 0.15) is 0 Å². The monoisotopic (exact) mass is 335 g/mol. The first-order valence-corrected chi connectivity index (χ1v) is 7.91. The second-order valence-electron chi connectivity index (χ2n) is 4.44. The molecule has 2 aromatic rings. The number of amides is 1. The van der Waals surface area contributed by atoms with Crippen molar-refractivity contribution in [1.29, 1.82) is 0 Å². The van der Waals surface area contributed by atoms with E-state index in [1.165, 1.54) is 42.7 Å². The van der Waals surface area contributed by atoms with Gasteiger partial charge in [0, 0.05) is 18.1 Å². The van der Waals surface area contributed by atoms with E-state index in [1.54, 1.807) is 6.07 Å². The van der Waals surface area contributed by atoms with Crippen molar-refractivity contribution in [2.75, 3.05) is 11.9 Å². The third kappa shape index (κ3) is 4.87. The number of ether oxygens (including phenoxy) is 1. The van der Waals surface area contributed by atoms with E-state index < -0.39 is 28.5 Å². The van der Waals surface area contributed by atoms with Gasteiger partial charge in [-0.15, -0.1) is 0 Å². The molecule has 0 radical (unpaired) electrons. The Hall–Kier alpha value is -2.78. The number of hydrogen-bond acceptors (Lipinski definition) is 6. The van der Waals surface area contributed by atoms with Gasteiger partial charge in [0.2, 0.25) is 10.0 Å². The number of benzene rings is 1. The molecule has 0 fully saturated rings. The second kappa shape index (κ2) is 6.99. The zero-order valence-electron chi connectivity index (χ0n) is 11.8. The van der Waals surface area contributed by atoms with E-state index in [0.29, 0.717) is 5.69 Å². The number of nitrogens with one attached hydrogen (secondary N) is 1. The minimum absolute atomic E-state index is 0.0708. The van der Waals surface area contributed by atoms with Crippen LogP contribution in [0.3, 0.4) is 0 Å². The van der Waals surface area contributed by atoms with Gasteiger partial charge in [0.25, 0.3) is 5.91 Å². The summed E-state index contributed by atoms with van der Waals surface area (Å²) in [6.45, 7) is -0.481. The van der Waals surface area contributed by atoms with Crippen LogP contribution >= 0.6 is 0 Å². The van der Waals surface area contributed by atoms with Crippen LogP contribution in [0.4, 0.5) is 5.69 Å². The van der Waals surface area contributed by atoms with Crippen LogP contribution in [0, 0.1) is 0 Å². The Balaban J connectivity index is 1.89. The summed E-state index contributed by atoms with van der Waals surface area (Å²) < 4.78 is 27.0. The van der Waals surface area contributed by atoms with Crippen molar-refractivity contribution in [3.63, 3.8) is 0 Å². The molecule has 0 aliphatic rings. The first-order valence-electron chi connectivity index (χ1n) is 6.36. The summed E-state index contributed by atoms with van der Waals surface area (Å²) in [5, 5.41) is 7.43. The van der Waals surface area contributed by atoms with Gasteiger partial charge < -0.3 is 10.1 Å². The first-order chi connectivity index (χ1) is 10.9. The largest absolute Gasteiger partial charge is 0.452 e. The summed E-state index contributed by atoms with van der Waals surface area (Å²) >= 11 is 0. The van der Waals surface area contributed by atoms with E-state index in [1.807, 2.05) is 0 Å². The predicted octanol–water partition coefficient (Wildman–Crippen LogP) is 0.524. The van der Waals surface area contributed by atoms with Gasteiger partial charge in [-0.25, -0.2) is 18.4 Å². The van der Waals surface area contributed by atoms with Gasteiger partial charge in [-0.05, 0) is 36.4 Å². The molecule has 1 heterocycles. The van der Waals surface area contributed by atoms with Crippen LogP contribution < -0.4 is 10.5 Å². The maximum absolute atomic E-state index is 11.7. The molecule has 0 aliphatic heterocycles. The second-order valence-corrected chi connectivity index (χ2v) is 6.00. The maximum Gasteiger partial charge on any atom is 0.340 e. The maximum atomic E-state index is 11.7. The van der Waals surface area contributed by atoms with Gasteiger partial charge in [-0.2, -0.15) is 0 Å². The number of aromatic nitrogens is 1. The molecule has 120 valence electrons. The molecule has 0 unspecified atom stereocenters. The van der Waals surface area contributed by atoms with Crippen molar-refractivity contribution in [2.24, 2.45) is 5.14 Å². The SMILES string of the molecule is NS(=O)(=O)c1ccc(NC(=O)COC(=O)c2cccnc2)cc1. The highest BCUT2D eigenvalue weighted by atomic mass is 32.2. The van der Waals surface area contributed by atoms with Crippen LogP contribution in [0.1, 0.15) is 10.4 Å². The lowest BCUT2D eigenvalue weighted by Crippen LogP contribution is -2.21. The van der Waals surface area contributed by atoms with E-state index in [0.717, 1.165) is 0 Å². The van der Waals surface area contributed by atoms with E-state index in [9.17, 15) is 18.0 Å². The Labute approximate surface area is 132 Å². The number of hydrogen-bond donors (Lipinski definition) is 2. The molecule has 0 aliphatic carbocycles. The van der Waals surface area contributed by atoms with E-state index in [-0.39, 0.29) is 10.5 Å². The van der Waals surface area contributed by atoms with Gasteiger partial charge in [-0.1, -0.05) is 0 Å². The Morgan fingerprint density at radius 3 is 2.43 bits per heavy atom. The van der Waals surface area contributed by atoms with Gasteiger partial charge in [-0.3, -0.25) is 9.78 Å². The number of sulfonamides is 1. The highest BCUT2D eigenvalue weighted by Gasteiger charge is 2.11. The number of nitrogens with two attached hydrogens (primary N) is 1. The summed E-state index contributed by atoms with van der Waals surface area (Å²) in [6, 6.07) is 8.35. The summed E-state index contributed by atoms with van der Waals surface area (Å²) in [7, 11) is -3.79. The third-order valence-electron chi connectivity index (χ3n) is 2.70. The Kier molecular flexibility index (Phi) is 5.04. The zero-order valence-corrected chi connectivity index (χ0v) is 12.6. The summed E-state index contributed by atoms with van der Waals surface area (Å²) in [4.78, 5) is 27.0. The van der Waals surface area contributed by atoms with Crippen molar-refractivity contribution in [3.05, 3.63) is 54.4 Å². The highest BCUT2D eigenvalue weighted by Crippen LogP contribution is 2.12. The van der Waals surface area contributed by atoms with Gasteiger partial charge >= 0.3 is 5.97 Å². The standard InChI is InChI=1S/C14H13N3O5S/c15-23(20,21)12-5-3-11(4-6-12)17-13(18)9-22-14(19)10-2-1-7-16-8-10/h1-8H,9H2,(H,17,18)(H2,15,20,21). The van der Waals surface area contributed by atoms with Crippen molar-refractivity contribution in [3.8, 4) is 0 Å². The first kappa shape index (κ1) is 16.6. The average molecular weight is 335 g/mol. The topological polar surface area (TPSA) is 128 Å². The van der Waals surface area contributed by atoms with Gasteiger partial charge in [0.15, 0.2) is 6.61 Å². The lowest BCUT2D eigenvalue weighted by Gasteiger charge is -2.07. The molecule has 9 heteroatoms. The lowest BCUT2D eigenvalue weighted by atomic mass is 10.3. The van der Waals surface area contributed by atoms with E-state index in [4.69, 9.17) is 9.88 Å². The number of carbonyl (C=O) groups excluding carboxylic acids is 2. The molecule has 8 nitrogen and oxygen atoms in total. The minimum atomic E-state index is -3.79. The zero-order chi connectivity index (χ0) is 16.9. The Morgan fingerprint density at radius 2 is 1.87 bits per heavy atom. The number of anilines is 1. The van der Waals surface area contributed by atoms with Crippen LogP contribution in [0.15, 0.2) is 53.7 Å². The van der Waals surface area contributed by atoms with E-state index >= 15 is 0 Å². The summed E-state index contributed by atoms with van der Waals surface area (Å²) in [5.74, 6) is -1.23. The minimum Gasteiger partial charge on any atom is -0.452 e. The highest BCUT2D eigenvalue weighted by molar-refractivity contribution is 7.89. The smallest absolute Gasteiger partial charge is 0.340 e. The summed E-state index contributed by atoms with van der Waals surface area (Å²) in [6.07, 6.45) is 2.83. The number of esters is 1. The fourth-order valence-electron chi connectivity index (χ4n) is 1.62. The van der Waals surface area contributed by atoms with Crippen LogP contribution in [0.25, 0.3) is 0 Å². The molecule has 0 saturated carbocycles. The number of rotatable bonds is 5. The quantitative estimate of drug-likeness (QED) is 0.767. The fourth-order valence-corrected chi connectivity index (χ4v) is 2.14. The van der Waals surface area contributed by atoms with Crippen LogP contribution in [-0.2, 0) is 19.6 Å². The van der Waals surface area contributed by atoms with Crippen molar-refractivity contribution in [1.82, 2.24) is 4.98 Å². The number of nitrogens with zero attached hydrogens (tertiary/aromatic N) is 1. The molecule has 0 spiro atoms. The average Bonchev–Trinajstić information content (AvgIpc) is 2.53. The number of pyridine rings is 1. The molecular weight excluding hydrogens is 322 g/mol. The molecule has 1 aromatic heterocycles. The number of carbonyl (C=O) groups is 2. The molecule has 0 bridgehead atoms. The predicted molar refractivity (Wildman–Crippen MR) is 81.0 cm³/mol. The normalized spacial score (nSPS) is 10.8. The Morgan fingerprint density at radius 1 is 1.17 bits per heavy atom. The molecular formula is C14H13N3O5S. The van der Waals surface area contributed by atoms with Crippen LogP contribution in [0.5, 0.6) is 0 Å². The van der Waals surface area contributed by atoms with Crippen LogP contribution in [0.2, 0.25) is 0 Å². The molecule has 0 saturated heterocycles. The molecule has 23 heavy (non-hydrogen) atoms. The lowest BCUT2D eigenvalue weighted by molar-refractivity contribution is -0.119. The van der Waals surface area contributed by atoms with Gasteiger partial charge in [0.05, 0.1) is 10.5 Å². The molecule has 2 rings (SSSR count). The van der Waals surface area contributed by atoms with Crippen molar-refractivity contribution >= 4 is 27.6 Å². The molecule has 0 atom stereocenters. The molecule has 3 N–H and O–H groups in total. The van der Waals surface area contributed by atoms with Crippen molar-refractivity contribution in [2.45, 2.75) is 4.90 Å². The Bertz CT molecular complexity index is 804. The summed E-state index contributed by atoms with van der Waals surface area (Å²) in [5.41, 5.74) is 0.581. The fraction of sp³-hybridized carbons (Fsp3) is 0.0714. The number of primary sulfonamides is 1.